The van der Waals surface area contributed by atoms with Crippen LogP contribution in [0.1, 0.15) is 23.8 Å². The number of carboxylic acid groups (broad SMARTS) is 1. The van der Waals surface area contributed by atoms with Crippen LogP contribution in [0.2, 0.25) is 0 Å². The third kappa shape index (κ3) is 4.40. The Morgan fingerprint density at radius 2 is 2.00 bits per heavy atom. The van der Waals surface area contributed by atoms with E-state index in [-0.39, 0.29) is 17.1 Å². The SMILES string of the molecule is CC(CC1=C(c2ccccc2I)S(O)(O)N(CC(F)(F)F)c2ncsc21)C(=O)O. The summed E-state index contributed by atoms with van der Waals surface area (Å²) >= 11 is 3.00. The fourth-order valence-corrected chi connectivity index (χ4v) is 6.72. The van der Waals surface area contributed by atoms with Crippen molar-refractivity contribution < 1.29 is 32.2 Å². The zero-order valence-electron chi connectivity index (χ0n) is 14.9. The molecular formula is C17H16F3IN2O4S2. The van der Waals surface area contributed by atoms with Crippen molar-refractivity contribution >= 4 is 67.0 Å². The molecule has 3 rings (SSSR count). The first-order valence-electron chi connectivity index (χ1n) is 8.21. The van der Waals surface area contributed by atoms with Crippen LogP contribution in [0.3, 0.4) is 0 Å². The lowest BCUT2D eigenvalue weighted by Gasteiger charge is -2.48. The number of hydrogen-bond donors (Lipinski definition) is 3. The number of aliphatic carboxylic acids is 1. The lowest BCUT2D eigenvalue weighted by molar-refractivity contribution is -0.140. The second-order valence-electron chi connectivity index (χ2n) is 6.41. The average molecular weight is 560 g/mol. The first-order valence-corrected chi connectivity index (χ1v) is 11.7. The van der Waals surface area contributed by atoms with E-state index in [0.29, 0.717) is 23.9 Å². The van der Waals surface area contributed by atoms with E-state index in [1.54, 1.807) is 24.3 Å². The number of alkyl halides is 3. The van der Waals surface area contributed by atoms with Gasteiger partial charge in [-0.1, -0.05) is 35.9 Å². The van der Waals surface area contributed by atoms with Crippen LogP contribution >= 0.6 is 44.7 Å². The largest absolute Gasteiger partial charge is 0.481 e. The predicted octanol–water partition coefficient (Wildman–Crippen LogP) is 5.77. The Kier molecular flexibility index (Phi) is 6.21. The molecule has 1 aromatic carbocycles. The zero-order chi connectivity index (χ0) is 21.6. The predicted molar refractivity (Wildman–Crippen MR) is 116 cm³/mol. The fourth-order valence-electron chi connectivity index (χ4n) is 2.99. The van der Waals surface area contributed by atoms with Crippen LogP contribution in [0.15, 0.2) is 29.8 Å². The van der Waals surface area contributed by atoms with Gasteiger partial charge in [0.2, 0.25) is 0 Å². The van der Waals surface area contributed by atoms with Crippen molar-refractivity contribution in [3.8, 4) is 0 Å². The summed E-state index contributed by atoms with van der Waals surface area (Å²) in [6.45, 7) is -0.141. The highest BCUT2D eigenvalue weighted by molar-refractivity contribution is 14.1. The van der Waals surface area contributed by atoms with E-state index in [1.165, 1.54) is 12.4 Å². The van der Waals surface area contributed by atoms with E-state index in [9.17, 15) is 32.2 Å². The number of anilines is 1. The number of fused-ring (bicyclic) bond motifs is 1. The number of hydrogen-bond acceptors (Lipinski definition) is 6. The van der Waals surface area contributed by atoms with Gasteiger partial charge in [0.25, 0.3) is 0 Å². The number of nitrogens with zero attached hydrogens (tertiary/aromatic N) is 2. The van der Waals surface area contributed by atoms with Crippen LogP contribution in [-0.2, 0) is 4.79 Å². The molecule has 1 aromatic heterocycles. The Balaban J connectivity index is 2.30. The van der Waals surface area contributed by atoms with Crippen molar-refractivity contribution in [3.63, 3.8) is 0 Å². The summed E-state index contributed by atoms with van der Waals surface area (Å²) in [5, 5.41) is 9.34. The van der Waals surface area contributed by atoms with Gasteiger partial charge in [-0.25, -0.2) is 9.29 Å². The van der Waals surface area contributed by atoms with Crippen molar-refractivity contribution in [3.05, 3.63) is 43.8 Å². The minimum Gasteiger partial charge on any atom is -0.481 e. The van der Waals surface area contributed by atoms with E-state index in [1.807, 2.05) is 22.6 Å². The van der Waals surface area contributed by atoms with Crippen LogP contribution in [0.5, 0.6) is 0 Å². The third-order valence-electron chi connectivity index (χ3n) is 4.29. The van der Waals surface area contributed by atoms with E-state index in [2.05, 4.69) is 4.98 Å². The van der Waals surface area contributed by atoms with Crippen LogP contribution in [0, 0.1) is 9.49 Å². The molecule has 2 aromatic rings. The molecule has 6 nitrogen and oxygen atoms in total. The highest BCUT2D eigenvalue weighted by atomic mass is 127. The first-order chi connectivity index (χ1) is 13.4. The molecule has 1 aliphatic heterocycles. The van der Waals surface area contributed by atoms with Gasteiger partial charge < -0.3 is 5.11 Å². The Bertz CT molecular complexity index is 978. The smallest absolute Gasteiger partial charge is 0.407 e. The molecule has 0 fully saturated rings. The van der Waals surface area contributed by atoms with Gasteiger partial charge in [0.1, 0.15) is 6.54 Å². The maximum absolute atomic E-state index is 13.2. The number of aromatic nitrogens is 1. The second-order valence-corrected chi connectivity index (χ2v) is 10.3. The second kappa shape index (κ2) is 8.06. The summed E-state index contributed by atoms with van der Waals surface area (Å²) in [5.41, 5.74) is 1.96. The maximum Gasteiger partial charge on any atom is 0.407 e. The Morgan fingerprint density at radius 1 is 1.34 bits per heavy atom. The Labute approximate surface area is 183 Å². The van der Waals surface area contributed by atoms with Crippen molar-refractivity contribution in [2.45, 2.75) is 19.5 Å². The monoisotopic (exact) mass is 560 g/mol. The standard InChI is InChI=1S/C17H16F3IN2O4S2/c1-9(16(24)25)6-11-13-15(22-8-28-13)23(7-17(18,19)20)29(26,27)14(11)10-4-2-3-5-12(10)21/h2-5,8-9,26-27H,6-7H2,1H3,(H,24,25). The number of rotatable bonds is 5. The zero-order valence-corrected chi connectivity index (χ0v) is 18.6. The van der Waals surface area contributed by atoms with Gasteiger partial charge in [-0.2, -0.15) is 13.2 Å². The number of halogens is 4. The minimum atomic E-state index is -4.70. The summed E-state index contributed by atoms with van der Waals surface area (Å²) in [5.74, 6) is -2.19. The summed E-state index contributed by atoms with van der Waals surface area (Å²) in [4.78, 5) is 15.6. The lowest BCUT2D eigenvalue weighted by atomic mass is 9.97. The molecule has 1 unspecified atom stereocenters. The summed E-state index contributed by atoms with van der Waals surface area (Å²) in [6, 6.07) is 6.61. The topological polar surface area (TPSA) is 93.9 Å². The molecule has 3 N–H and O–H groups in total. The van der Waals surface area contributed by atoms with E-state index in [4.69, 9.17) is 0 Å². The highest BCUT2D eigenvalue weighted by Gasteiger charge is 2.45. The summed E-state index contributed by atoms with van der Waals surface area (Å²) in [6.07, 6.45) is -4.79. The normalized spacial score (nSPS) is 18.4. The van der Waals surface area contributed by atoms with E-state index < -0.39 is 35.4 Å². The molecule has 0 aliphatic carbocycles. The molecule has 1 aliphatic rings. The van der Waals surface area contributed by atoms with E-state index in [0.717, 1.165) is 11.3 Å². The van der Waals surface area contributed by atoms with Crippen LogP contribution in [0.25, 0.3) is 10.5 Å². The molecule has 0 amide bonds. The minimum absolute atomic E-state index is 0.0828. The third-order valence-corrected chi connectivity index (χ3v) is 8.03. The molecule has 0 saturated carbocycles. The number of carboxylic acids is 1. The average Bonchev–Trinajstić information content (AvgIpc) is 3.08. The van der Waals surface area contributed by atoms with Crippen molar-refractivity contribution in [2.75, 3.05) is 10.8 Å². The number of allylic oxidation sites excluding steroid dienone is 1. The number of carbonyl (C=O) groups is 1. The Hall–Kier alpha value is -1.35. The van der Waals surface area contributed by atoms with Crippen molar-refractivity contribution in [2.24, 2.45) is 5.92 Å². The molecule has 29 heavy (non-hydrogen) atoms. The molecule has 0 spiro atoms. The van der Waals surface area contributed by atoms with Gasteiger partial charge in [0, 0.05) is 9.13 Å². The summed E-state index contributed by atoms with van der Waals surface area (Å²) in [7, 11) is -4.14. The molecule has 2 heterocycles. The maximum atomic E-state index is 13.2. The lowest BCUT2D eigenvalue weighted by Crippen LogP contribution is -2.39. The van der Waals surface area contributed by atoms with Gasteiger partial charge >= 0.3 is 12.1 Å². The fraction of sp³-hybridized carbons (Fsp3) is 0.294. The van der Waals surface area contributed by atoms with Gasteiger partial charge in [-0.3, -0.25) is 13.9 Å². The molecule has 0 bridgehead atoms. The highest BCUT2D eigenvalue weighted by Crippen LogP contribution is 2.66. The van der Waals surface area contributed by atoms with Crippen molar-refractivity contribution in [1.82, 2.24) is 4.98 Å². The number of thiazole rings is 1. The van der Waals surface area contributed by atoms with Gasteiger partial charge in [0.05, 0.1) is 21.2 Å². The molecule has 12 heteroatoms. The Morgan fingerprint density at radius 3 is 2.59 bits per heavy atom. The van der Waals surface area contributed by atoms with E-state index >= 15 is 0 Å². The van der Waals surface area contributed by atoms with Crippen LogP contribution in [0.4, 0.5) is 19.0 Å². The molecular weight excluding hydrogens is 544 g/mol. The molecule has 0 radical (unpaired) electrons. The van der Waals surface area contributed by atoms with Gasteiger partial charge in [-0.05, 0) is 40.7 Å². The van der Waals surface area contributed by atoms with Gasteiger partial charge in [-0.15, -0.1) is 11.3 Å². The number of benzene rings is 1. The summed E-state index contributed by atoms with van der Waals surface area (Å²) < 4.78 is 62.9. The molecule has 158 valence electrons. The molecule has 1 atom stereocenters. The van der Waals surface area contributed by atoms with Crippen LogP contribution in [-0.4, -0.2) is 37.9 Å². The van der Waals surface area contributed by atoms with Gasteiger partial charge in [0.15, 0.2) is 5.82 Å². The molecule has 0 saturated heterocycles. The first kappa shape index (κ1) is 22.3. The van der Waals surface area contributed by atoms with Crippen LogP contribution < -0.4 is 4.31 Å². The van der Waals surface area contributed by atoms with Crippen molar-refractivity contribution in [1.29, 1.82) is 0 Å². The quantitative estimate of drug-likeness (QED) is 0.402.